The number of sulfone groups is 1. The highest BCUT2D eigenvalue weighted by Gasteiger charge is 2.15. The zero-order chi connectivity index (χ0) is 17.0. The van der Waals surface area contributed by atoms with E-state index in [-0.39, 0.29) is 34.4 Å². The van der Waals surface area contributed by atoms with Gasteiger partial charge in [0, 0.05) is 19.2 Å². The van der Waals surface area contributed by atoms with Crippen LogP contribution < -0.4 is 5.32 Å². The molecule has 0 fully saturated rings. The normalized spacial score (nSPS) is 11.4. The summed E-state index contributed by atoms with van der Waals surface area (Å²) in [4.78, 5) is 12.0. The van der Waals surface area contributed by atoms with Crippen molar-refractivity contribution < 1.29 is 18.3 Å². The van der Waals surface area contributed by atoms with Crippen LogP contribution in [0, 0.1) is 6.92 Å². The van der Waals surface area contributed by atoms with Gasteiger partial charge < -0.3 is 10.4 Å². The maximum Gasteiger partial charge on any atom is 0.226 e. The number of nitrogens with zero attached hydrogens (tertiary/aromatic N) is 2. The molecule has 0 radical (unpaired) electrons. The SMILES string of the molecule is CCS(=O)(=O)c1ccc(O)c(NC(=O)CCn2cc(C)cn2)c1. The second-order valence-corrected chi connectivity index (χ2v) is 7.44. The van der Waals surface area contributed by atoms with Gasteiger partial charge in [-0.2, -0.15) is 5.10 Å². The summed E-state index contributed by atoms with van der Waals surface area (Å²) in [6.07, 6.45) is 3.67. The van der Waals surface area contributed by atoms with Gasteiger partial charge in [-0.25, -0.2) is 8.42 Å². The van der Waals surface area contributed by atoms with E-state index in [0.717, 1.165) is 5.56 Å². The van der Waals surface area contributed by atoms with Gasteiger partial charge in [0.1, 0.15) is 5.75 Å². The fraction of sp³-hybridized carbons (Fsp3) is 0.333. The number of aromatic hydroxyl groups is 1. The van der Waals surface area contributed by atoms with Gasteiger partial charge in [-0.05, 0) is 30.7 Å². The van der Waals surface area contributed by atoms with Crippen LogP contribution in [0.15, 0.2) is 35.5 Å². The summed E-state index contributed by atoms with van der Waals surface area (Å²) in [5.74, 6) is -0.563. The van der Waals surface area contributed by atoms with Crippen LogP contribution >= 0.6 is 0 Å². The van der Waals surface area contributed by atoms with Crippen LogP contribution in [0.4, 0.5) is 5.69 Å². The maximum atomic E-state index is 12.0. The Morgan fingerprint density at radius 2 is 2.13 bits per heavy atom. The Hall–Kier alpha value is -2.35. The summed E-state index contributed by atoms with van der Waals surface area (Å²) in [6.45, 7) is 3.83. The number of carbonyl (C=O) groups excluding carboxylic acids is 1. The van der Waals surface area contributed by atoms with Gasteiger partial charge in [0.2, 0.25) is 5.91 Å². The van der Waals surface area contributed by atoms with E-state index in [9.17, 15) is 18.3 Å². The fourth-order valence-corrected chi connectivity index (χ4v) is 2.90. The van der Waals surface area contributed by atoms with Gasteiger partial charge in [0.05, 0.1) is 22.5 Å². The Labute approximate surface area is 134 Å². The standard InChI is InChI=1S/C15H19N3O4S/c1-3-23(21,22)12-4-5-14(19)13(8-12)17-15(20)6-7-18-10-11(2)9-16-18/h4-5,8-10,19H,3,6-7H2,1-2H3,(H,17,20). The fourth-order valence-electron chi connectivity index (χ4n) is 1.99. The number of phenols is 1. The minimum absolute atomic E-state index is 0.0518. The number of rotatable bonds is 6. The van der Waals surface area contributed by atoms with E-state index in [0.29, 0.717) is 6.54 Å². The Kier molecular flexibility index (Phi) is 5.05. The predicted octanol–water partition coefficient (Wildman–Crippen LogP) is 1.72. The molecule has 2 aromatic rings. The maximum absolute atomic E-state index is 12.0. The van der Waals surface area contributed by atoms with E-state index >= 15 is 0 Å². The Morgan fingerprint density at radius 3 is 2.74 bits per heavy atom. The average Bonchev–Trinajstić information content (AvgIpc) is 2.93. The number of amides is 1. The minimum Gasteiger partial charge on any atom is -0.506 e. The van der Waals surface area contributed by atoms with Crippen molar-refractivity contribution in [2.24, 2.45) is 0 Å². The third kappa shape index (κ3) is 4.32. The zero-order valence-electron chi connectivity index (χ0n) is 13.0. The van der Waals surface area contributed by atoms with E-state index in [1.54, 1.807) is 10.9 Å². The summed E-state index contributed by atoms with van der Waals surface area (Å²) in [6, 6.07) is 3.84. The number of nitrogens with one attached hydrogen (secondary N) is 1. The number of phenolic OH excluding ortho intramolecular Hbond substituents is 1. The van der Waals surface area contributed by atoms with E-state index in [4.69, 9.17) is 0 Å². The molecule has 0 aliphatic carbocycles. The van der Waals surface area contributed by atoms with Crippen molar-refractivity contribution in [2.75, 3.05) is 11.1 Å². The Bertz CT molecular complexity index is 812. The molecule has 7 nitrogen and oxygen atoms in total. The Balaban J connectivity index is 2.06. The molecule has 1 aromatic heterocycles. The Morgan fingerprint density at radius 1 is 1.39 bits per heavy atom. The zero-order valence-corrected chi connectivity index (χ0v) is 13.8. The van der Waals surface area contributed by atoms with Gasteiger partial charge in [0.15, 0.2) is 9.84 Å². The third-order valence-electron chi connectivity index (χ3n) is 3.31. The quantitative estimate of drug-likeness (QED) is 0.782. The molecular weight excluding hydrogens is 318 g/mol. The molecule has 8 heteroatoms. The molecule has 2 N–H and O–H groups in total. The van der Waals surface area contributed by atoms with E-state index < -0.39 is 9.84 Å². The highest BCUT2D eigenvalue weighted by Crippen LogP contribution is 2.27. The van der Waals surface area contributed by atoms with Crippen molar-refractivity contribution >= 4 is 21.4 Å². The molecule has 0 saturated carbocycles. The number of carbonyl (C=O) groups is 1. The molecule has 0 aliphatic heterocycles. The summed E-state index contributed by atoms with van der Waals surface area (Å²) in [5.41, 5.74) is 1.08. The first-order chi connectivity index (χ1) is 10.8. The monoisotopic (exact) mass is 337 g/mol. The predicted molar refractivity (Wildman–Crippen MR) is 86.0 cm³/mol. The molecule has 1 amide bonds. The van der Waals surface area contributed by atoms with Crippen LogP contribution in [0.1, 0.15) is 18.9 Å². The van der Waals surface area contributed by atoms with E-state index in [1.165, 1.54) is 25.1 Å². The molecule has 0 unspecified atom stereocenters. The van der Waals surface area contributed by atoms with Gasteiger partial charge in [-0.1, -0.05) is 6.92 Å². The number of anilines is 1. The summed E-state index contributed by atoms with van der Waals surface area (Å²) < 4.78 is 25.4. The van der Waals surface area contributed by atoms with Gasteiger partial charge >= 0.3 is 0 Å². The van der Waals surface area contributed by atoms with E-state index in [2.05, 4.69) is 10.4 Å². The van der Waals surface area contributed by atoms with Crippen LogP contribution in [-0.2, 0) is 21.2 Å². The van der Waals surface area contributed by atoms with Crippen molar-refractivity contribution in [3.63, 3.8) is 0 Å². The lowest BCUT2D eigenvalue weighted by atomic mass is 10.2. The first-order valence-electron chi connectivity index (χ1n) is 7.16. The van der Waals surface area contributed by atoms with E-state index in [1.807, 2.05) is 13.1 Å². The molecule has 0 bridgehead atoms. The van der Waals surface area contributed by atoms with Crippen LogP contribution in [0.2, 0.25) is 0 Å². The molecule has 2 rings (SSSR count). The highest BCUT2D eigenvalue weighted by molar-refractivity contribution is 7.91. The number of hydrogen-bond donors (Lipinski definition) is 2. The molecule has 23 heavy (non-hydrogen) atoms. The third-order valence-corrected chi connectivity index (χ3v) is 5.04. The molecule has 0 spiro atoms. The van der Waals surface area contributed by atoms with Gasteiger partial charge in [0.25, 0.3) is 0 Å². The van der Waals surface area contributed by atoms with Crippen molar-refractivity contribution in [2.45, 2.75) is 31.7 Å². The summed E-state index contributed by atoms with van der Waals surface area (Å²) in [5, 5.41) is 16.4. The lowest BCUT2D eigenvalue weighted by molar-refractivity contribution is -0.116. The molecule has 1 heterocycles. The van der Waals surface area contributed by atoms with Crippen LogP contribution in [0.5, 0.6) is 5.75 Å². The number of aromatic nitrogens is 2. The first kappa shape index (κ1) is 17.0. The molecule has 124 valence electrons. The molecule has 0 atom stereocenters. The van der Waals surface area contributed by atoms with Crippen molar-refractivity contribution in [1.29, 1.82) is 0 Å². The summed E-state index contributed by atoms with van der Waals surface area (Å²) in [7, 11) is -3.40. The molecule has 0 saturated heterocycles. The number of benzene rings is 1. The smallest absolute Gasteiger partial charge is 0.226 e. The molecule has 1 aromatic carbocycles. The topological polar surface area (TPSA) is 101 Å². The largest absolute Gasteiger partial charge is 0.506 e. The van der Waals surface area contributed by atoms with Crippen molar-refractivity contribution in [3.8, 4) is 5.75 Å². The summed E-state index contributed by atoms with van der Waals surface area (Å²) >= 11 is 0. The number of aryl methyl sites for hydroxylation is 2. The van der Waals surface area contributed by atoms with Gasteiger partial charge in [-0.15, -0.1) is 0 Å². The second-order valence-electron chi connectivity index (χ2n) is 5.16. The van der Waals surface area contributed by atoms with Crippen LogP contribution in [0.3, 0.4) is 0 Å². The lowest BCUT2D eigenvalue weighted by Gasteiger charge is -2.10. The first-order valence-corrected chi connectivity index (χ1v) is 8.81. The lowest BCUT2D eigenvalue weighted by Crippen LogP contribution is -2.15. The molecular formula is C15H19N3O4S. The average molecular weight is 337 g/mol. The second kappa shape index (κ2) is 6.82. The van der Waals surface area contributed by atoms with Gasteiger partial charge in [-0.3, -0.25) is 9.48 Å². The number of hydrogen-bond acceptors (Lipinski definition) is 5. The molecule has 0 aliphatic rings. The van der Waals surface area contributed by atoms with Crippen molar-refractivity contribution in [3.05, 3.63) is 36.2 Å². The minimum atomic E-state index is -3.40. The van der Waals surface area contributed by atoms with Crippen LogP contribution in [-0.4, -0.2) is 35.0 Å². The van der Waals surface area contributed by atoms with Crippen molar-refractivity contribution in [1.82, 2.24) is 9.78 Å². The van der Waals surface area contributed by atoms with Crippen LogP contribution in [0.25, 0.3) is 0 Å². The highest BCUT2D eigenvalue weighted by atomic mass is 32.2.